The summed E-state index contributed by atoms with van der Waals surface area (Å²) in [5.74, 6) is -0.628. The molecule has 3 atom stereocenters. The number of nitrogens with zero attached hydrogens (tertiary/aromatic N) is 1. The van der Waals surface area contributed by atoms with Crippen LogP contribution in [0.3, 0.4) is 0 Å². The van der Waals surface area contributed by atoms with Gasteiger partial charge in [-0.15, -0.1) is 0 Å². The van der Waals surface area contributed by atoms with Crippen LogP contribution in [0.5, 0.6) is 0 Å². The molecule has 1 aromatic carbocycles. The Morgan fingerprint density at radius 1 is 1.35 bits per heavy atom. The monoisotopic (exact) mass is 321 g/mol. The normalized spacial score (nSPS) is 24.8. The van der Waals surface area contributed by atoms with Crippen molar-refractivity contribution in [3.8, 4) is 0 Å². The van der Waals surface area contributed by atoms with Gasteiger partial charge in [-0.2, -0.15) is 0 Å². The molecule has 0 radical (unpaired) electrons. The molecule has 1 saturated carbocycles. The third kappa shape index (κ3) is 2.72. The van der Waals surface area contributed by atoms with E-state index in [1.807, 2.05) is 0 Å². The average molecular weight is 321 g/mol. The summed E-state index contributed by atoms with van der Waals surface area (Å²) in [5.41, 5.74) is 1.02. The molecule has 1 aromatic heterocycles. The zero-order valence-electron chi connectivity index (χ0n) is 13.1. The van der Waals surface area contributed by atoms with E-state index in [-0.39, 0.29) is 17.5 Å². The summed E-state index contributed by atoms with van der Waals surface area (Å²) in [6, 6.07) is 3.65. The first-order valence-corrected chi connectivity index (χ1v) is 7.72. The van der Waals surface area contributed by atoms with Crippen LogP contribution in [0, 0.1) is 12.7 Å². The number of carbonyl (C=O) groups excluding carboxylic acids is 1. The van der Waals surface area contributed by atoms with Crippen LogP contribution in [-0.4, -0.2) is 46.3 Å². The highest BCUT2D eigenvalue weighted by atomic mass is 19.1. The van der Waals surface area contributed by atoms with Gasteiger partial charge in [0.2, 0.25) is 0 Å². The Balaban J connectivity index is 1.92. The molecular weight excluding hydrogens is 301 g/mol. The van der Waals surface area contributed by atoms with E-state index in [9.17, 15) is 19.4 Å². The van der Waals surface area contributed by atoms with E-state index < -0.39 is 18.2 Å². The summed E-state index contributed by atoms with van der Waals surface area (Å²) in [6.45, 7) is 1.71. The number of aliphatic hydroxyl groups excluding tert-OH is 2. The van der Waals surface area contributed by atoms with Gasteiger partial charge in [0.1, 0.15) is 17.5 Å². The molecule has 5 nitrogen and oxygen atoms in total. The van der Waals surface area contributed by atoms with E-state index in [1.165, 1.54) is 23.1 Å². The molecule has 0 unspecified atom stereocenters. The molecule has 0 spiro atoms. The summed E-state index contributed by atoms with van der Waals surface area (Å²) >= 11 is 0. The molecule has 1 heterocycles. The van der Waals surface area contributed by atoms with E-state index >= 15 is 0 Å². The van der Waals surface area contributed by atoms with Crippen molar-refractivity contribution >= 4 is 16.9 Å². The SMILES string of the molecule is Cc1c(C(=O)N(C)[C@@H]2CCC[C@@H](O)[C@@H]2O)oc2ccc(F)cc12. The number of halogens is 1. The molecule has 1 aliphatic rings. The summed E-state index contributed by atoms with van der Waals surface area (Å²) in [5, 5.41) is 20.5. The first-order valence-electron chi connectivity index (χ1n) is 7.72. The summed E-state index contributed by atoms with van der Waals surface area (Å²) in [7, 11) is 1.58. The molecule has 23 heavy (non-hydrogen) atoms. The molecule has 1 fully saturated rings. The van der Waals surface area contributed by atoms with E-state index in [4.69, 9.17) is 4.42 Å². The van der Waals surface area contributed by atoms with Crippen LogP contribution in [0.25, 0.3) is 11.0 Å². The van der Waals surface area contributed by atoms with Gasteiger partial charge < -0.3 is 19.5 Å². The Labute approximate surface area is 133 Å². The Kier molecular flexibility index (Phi) is 4.12. The number of amides is 1. The van der Waals surface area contributed by atoms with Crippen molar-refractivity contribution in [2.45, 2.75) is 44.4 Å². The lowest BCUT2D eigenvalue weighted by molar-refractivity contribution is -0.0530. The lowest BCUT2D eigenvalue weighted by Crippen LogP contribution is -2.51. The van der Waals surface area contributed by atoms with E-state index in [1.54, 1.807) is 14.0 Å². The highest BCUT2D eigenvalue weighted by molar-refractivity contribution is 5.99. The molecule has 124 valence electrons. The lowest BCUT2D eigenvalue weighted by atomic mass is 9.89. The van der Waals surface area contributed by atoms with Crippen LogP contribution >= 0.6 is 0 Å². The van der Waals surface area contributed by atoms with Crippen LogP contribution in [0.15, 0.2) is 22.6 Å². The average Bonchev–Trinajstić information content (AvgIpc) is 2.85. The van der Waals surface area contributed by atoms with Gasteiger partial charge in [0.15, 0.2) is 5.76 Å². The molecule has 0 bridgehead atoms. The minimum absolute atomic E-state index is 0.139. The third-order valence-corrected chi connectivity index (χ3v) is 4.70. The van der Waals surface area contributed by atoms with Gasteiger partial charge in [0.05, 0.1) is 12.1 Å². The third-order valence-electron chi connectivity index (χ3n) is 4.70. The number of benzene rings is 1. The highest BCUT2D eigenvalue weighted by Gasteiger charge is 2.36. The maximum absolute atomic E-state index is 13.4. The Morgan fingerprint density at radius 2 is 2.09 bits per heavy atom. The number of likely N-dealkylation sites (N-methyl/N-ethyl adjacent to an activating group) is 1. The molecule has 1 aliphatic carbocycles. The van der Waals surface area contributed by atoms with Crippen LogP contribution in [0.1, 0.15) is 35.4 Å². The number of rotatable bonds is 2. The summed E-state index contributed by atoms with van der Waals surface area (Å²) in [4.78, 5) is 14.1. The van der Waals surface area contributed by atoms with Crippen LogP contribution in [-0.2, 0) is 0 Å². The topological polar surface area (TPSA) is 73.9 Å². The zero-order valence-corrected chi connectivity index (χ0v) is 13.1. The van der Waals surface area contributed by atoms with Crippen molar-refractivity contribution in [1.82, 2.24) is 4.90 Å². The van der Waals surface area contributed by atoms with Crippen LogP contribution in [0.2, 0.25) is 0 Å². The Bertz CT molecular complexity index is 742. The number of aliphatic hydroxyl groups is 2. The standard InChI is InChI=1S/C17H20FNO4/c1-9-11-8-10(18)6-7-14(11)23-16(9)17(22)19(2)12-4-3-5-13(20)15(12)21/h6-8,12-13,15,20-21H,3-5H2,1-2H3/t12-,13-,15-/m1/s1. The van der Waals surface area contributed by atoms with E-state index in [0.29, 0.717) is 29.4 Å². The predicted octanol–water partition coefficient (Wildman–Crippen LogP) is 2.23. The smallest absolute Gasteiger partial charge is 0.289 e. The molecule has 0 aliphatic heterocycles. The molecular formula is C17H20FNO4. The minimum Gasteiger partial charge on any atom is -0.451 e. The van der Waals surface area contributed by atoms with Gasteiger partial charge in [-0.25, -0.2) is 4.39 Å². The maximum atomic E-state index is 13.4. The number of furan rings is 1. The fraction of sp³-hybridized carbons (Fsp3) is 0.471. The zero-order chi connectivity index (χ0) is 16.7. The van der Waals surface area contributed by atoms with Crippen molar-refractivity contribution in [2.75, 3.05) is 7.05 Å². The minimum atomic E-state index is -0.972. The van der Waals surface area contributed by atoms with Crippen molar-refractivity contribution in [3.63, 3.8) is 0 Å². The van der Waals surface area contributed by atoms with Crippen LogP contribution in [0.4, 0.5) is 4.39 Å². The van der Waals surface area contributed by atoms with Gasteiger partial charge in [0.25, 0.3) is 5.91 Å². The molecule has 3 rings (SSSR count). The number of aryl methyl sites for hydroxylation is 1. The second-order valence-corrected chi connectivity index (χ2v) is 6.17. The van der Waals surface area contributed by atoms with Gasteiger partial charge in [-0.05, 0) is 44.4 Å². The number of hydrogen-bond donors (Lipinski definition) is 2. The molecule has 1 amide bonds. The van der Waals surface area contributed by atoms with Gasteiger partial charge in [-0.3, -0.25) is 4.79 Å². The largest absolute Gasteiger partial charge is 0.451 e. The first kappa shape index (κ1) is 16.0. The fourth-order valence-corrected chi connectivity index (χ4v) is 3.26. The van der Waals surface area contributed by atoms with Gasteiger partial charge in [0, 0.05) is 18.0 Å². The molecule has 2 N–H and O–H groups in total. The Hall–Kier alpha value is -1.92. The second kappa shape index (κ2) is 5.94. The van der Waals surface area contributed by atoms with Crippen molar-refractivity contribution < 1.29 is 23.8 Å². The second-order valence-electron chi connectivity index (χ2n) is 6.17. The fourth-order valence-electron chi connectivity index (χ4n) is 3.26. The number of hydrogen-bond acceptors (Lipinski definition) is 4. The number of fused-ring (bicyclic) bond motifs is 1. The predicted molar refractivity (Wildman–Crippen MR) is 82.7 cm³/mol. The van der Waals surface area contributed by atoms with Crippen molar-refractivity contribution in [2.24, 2.45) is 0 Å². The highest BCUT2D eigenvalue weighted by Crippen LogP contribution is 2.29. The van der Waals surface area contributed by atoms with Crippen molar-refractivity contribution in [1.29, 1.82) is 0 Å². The van der Waals surface area contributed by atoms with Crippen LogP contribution < -0.4 is 0 Å². The summed E-state index contributed by atoms with van der Waals surface area (Å²) < 4.78 is 19.0. The molecule has 6 heteroatoms. The quantitative estimate of drug-likeness (QED) is 0.889. The molecule has 0 saturated heterocycles. The lowest BCUT2D eigenvalue weighted by Gasteiger charge is -2.37. The van der Waals surface area contributed by atoms with E-state index in [2.05, 4.69) is 0 Å². The summed E-state index contributed by atoms with van der Waals surface area (Å²) in [6.07, 6.45) is 0.0941. The van der Waals surface area contributed by atoms with Gasteiger partial charge >= 0.3 is 0 Å². The maximum Gasteiger partial charge on any atom is 0.289 e. The Morgan fingerprint density at radius 3 is 2.83 bits per heavy atom. The van der Waals surface area contributed by atoms with E-state index in [0.717, 1.165) is 6.42 Å². The van der Waals surface area contributed by atoms with Gasteiger partial charge in [-0.1, -0.05) is 0 Å². The number of carbonyl (C=O) groups is 1. The van der Waals surface area contributed by atoms with Crippen molar-refractivity contribution in [3.05, 3.63) is 35.3 Å². The first-order chi connectivity index (χ1) is 10.9. The molecule has 2 aromatic rings.